The van der Waals surface area contributed by atoms with Gasteiger partial charge in [0.1, 0.15) is 5.82 Å². The second kappa shape index (κ2) is 11.2. The Kier molecular flexibility index (Phi) is 8.61. The molecular formula is C20H29BrN6O3S. The fourth-order valence-electron chi connectivity index (χ4n) is 3.30. The van der Waals surface area contributed by atoms with Gasteiger partial charge in [-0.1, -0.05) is 13.0 Å². The third-order valence-electron chi connectivity index (χ3n) is 5.12. The van der Waals surface area contributed by atoms with E-state index in [1.54, 1.807) is 30.5 Å². The van der Waals surface area contributed by atoms with Crippen LogP contribution >= 0.6 is 15.9 Å². The molecule has 1 saturated heterocycles. The fourth-order valence-corrected chi connectivity index (χ4v) is 4.67. The molecule has 11 heteroatoms. The SMILES string of the molecule is CC[C@H](CO)Nc1nc(Nc2cccc(S(=O)(=O)NCCN3CCCC3)c2)ncc1Br. The third-order valence-corrected chi connectivity index (χ3v) is 7.16. The Balaban J connectivity index is 1.67. The average molecular weight is 513 g/mol. The summed E-state index contributed by atoms with van der Waals surface area (Å²) in [5, 5.41) is 15.6. The first-order valence-electron chi connectivity index (χ1n) is 10.4. The first kappa shape index (κ1) is 23.9. The number of sulfonamides is 1. The van der Waals surface area contributed by atoms with Gasteiger partial charge in [0.2, 0.25) is 16.0 Å². The van der Waals surface area contributed by atoms with Crippen molar-refractivity contribution in [3.05, 3.63) is 34.9 Å². The van der Waals surface area contributed by atoms with E-state index in [-0.39, 0.29) is 17.5 Å². The van der Waals surface area contributed by atoms with Crippen molar-refractivity contribution in [3.63, 3.8) is 0 Å². The molecule has 0 unspecified atom stereocenters. The zero-order valence-corrected chi connectivity index (χ0v) is 19.9. The van der Waals surface area contributed by atoms with Crippen molar-refractivity contribution in [2.24, 2.45) is 0 Å². The van der Waals surface area contributed by atoms with Crippen LogP contribution in [-0.4, -0.2) is 67.2 Å². The normalized spacial score (nSPS) is 15.7. The first-order valence-corrected chi connectivity index (χ1v) is 12.7. The molecule has 0 saturated carbocycles. The molecule has 2 heterocycles. The van der Waals surface area contributed by atoms with Crippen molar-refractivity contribution >= 4 is 43.4 Å². The lowest BCUT2D eigenvalue weighted by molar-refractivity contribution is 0.271. The number of benzene rings is 1. The maximum absolute atomic E-state index is 12.7. The Labute approximate surface area is 191 Å². The second-order valence-electron chi connectivity index (χ2n) is 7.42. The van der Waals surface area contributed by atoms with Crippen molar-refractivity contribution in [2.75, 3.05) is 43.4 Å². The van der Waals surface area contributed by atoms with Crippen LogP contribution in [-0.2, 0) is 10.0 Å². The van der Waals surface area contributed by atoms with Gasteiger partial charge in [0.15, 0.2) is 0 Å². The van der Waals surface area contributed by atoms with E-state index < -0.39 is 10.0 Å². The molecule has 1 fully saturated rings. The lowest BCUT2D eigenvalue weighted by Gasteiger charge is -2.16. The summed E-state index contributed by atoms with van der Waals surface area (Å²) < 4.78 is 28.7. The minimum absolute atomic E-state index is 0.0135. The van der Waals surface area contributed by atoms with Gasteiger partial charge in [0.25, 0.3) is 0 Å². The quantitative estimate of drug-likeness (QED) is 0.362. The van der Waals surface area contributed by atoms with Crippen molar-refractivity contribution in [3.8, 4) is 0 Å². The van der Waals surface area contributed by atoms with Crippen molar-refractivity contribution in [2.45, 2.75) is 37.1 Å². The molecule has 1 aliphatic rings. The van der Waals surface area contributed by atoms with Crippen molar-refractivity contribution in [1.29, 1.82) is 0 Å². The summed E-state index contributed by atoms with van der Waals surface area (Å²) in [5.74, 6) is 0.862. The van der Waals surface area contributed by atoms with Gasteiger partial charge in [-0.05, 0) is 66.5 Å². The van der Waals surface area contributed by atoms with Gasteiger partial charge in [0, 0.05) is 25.0 Å². The highest BCUT2D eigenvalue weighted by molar-refractivity contribution is 9.10. The topological polar surface area (TPSA) is 119 Å². The molecular weight excluding hydrogens is 484 g/mol. The van der Waals surface area contributed by atoms with E-state index in [1.165, 1.54) is 12.8 Å². The monoisotopic (exact) mass is 512 g/mol. The minimum atomic E-state index is -3.61. The van der Waals surface area contributed by atoms with Crippen LogP contribution in [0.2, 0.25) is 0 Å². The van der Waals surface area contributed by atoms with Gasteiger partial charge in [-0.25, -0.2) is 18.1 Å². The van der Waals surface area contributed by atoms with Crippen LogP contribution in [0.4, 0.5) is 17.5 Å². The smallest absolute Gasteiger partial charge is 0.240 e. The van der Waals surface area contributed by atoms with Crippen LogP contribution in [0.15, 0.2) is 39.8 Å². The Morgan fingerprint density at radius 3 is 2.77 bits per heavy atom. The van der Waals surface area contributed by atoms with Gasteiger partial charge in [-0.3, -0.25) is 0 Å². The zero-order valence-electron chi connectivity index (χ0n) is 17.5. The summed E-state index contributed by atoms with van der Waals surface area (Å²) >= 11 is 3.40. The lowest BCUT2D eigenvalue weighted by Crippen LogP contribution is -2.33. The van der Waals surface area contributed by atoms with Crippen molar-refractivity contribution < 1.29 is 13.5 Å². The summed E-state index contributed by atoms with van der Waals surface area (Å²) in [4.78, 5) is 11.1. The summed E-state index contributed by atoms with van der Waals surface area (Å²) in [7, 11) is -3.61. The summed E-state index contributed by atoms with van der Waals surface area (Å²) in [6.07, 6.45) is 4.69. The van der Waals surface area contributed by atoms with E-state index in [4.69, 9.17) is 0 Å². The minimum Gasteiger partial charge on any atom is -0.394 e. The van der Waals surface area contributed by atoms with Crippen LogP contribution in [0.5, 0.6) is 0 Å². The summed E-state index contributed by atoms with van der Waals surface area (Å²) in [6.45, 7) is 5.11. The molecule has 0 bridgehead atoms. The average Bonchev–Trinajstić information content (AvgIpc) is 3.27. The summed E-state index contributed by atoms with van der Waals surface area (Å²) in [5.41, 5.74) is 0.560. The number of rotatable bonds is 11. The van der Waals surface area contributed by atoms with E-state index in [0.717, 1.165) is 19.5 Å². The molecule has 0 spiro atoms. The maximum Gasteiger partial charge on any atom is 0.240 e. The molecule has 31 heavy (non-hydrogen) atoms. The Morgan fingerprint density at radius 2 is 2.06 bits per heavy atom. The molecule has 1 atom stereocenters. The highest BCUT2D eigenvalue weighted by Gasteiger charge is 2.17. The number of nitrogens with zero attached hydrogens (tertiary/aromatic N) is 3. The fraction of sp³-hybridized carbons (Fsp3) is 0.500. The Hall–Kier alpha value is -1.79. The number of aliphatic hydroxyl groups excluding tert-OH is 1. The van der Waals surface area contributed by atoms with Crippen LogP contribution < -0.4 is 15.4 Å². The summed E-state index contributed by atoms with van der Waals surface area (Å²) in [6, 6.07) is 6.42. The maximum atomic E-state index is 12.7. The second-order valence-corrected chi connectivity index (χ2v) is 10.0. The number of aromatic nitrogens is 2. The van der Waals surface area contributed by atoms with E-state index in [1.807, 2.05) is 6.92 Å². The first-order chi connectivity index (χ1) is 14.9. The highest BCUT2D eigenvalue weighted by Crippen LogP contribution is 2.24. The van der Waals surface area contributed by atoms with E-state index in [0.29, 0.717) is 35.0 Å². The number of nitrogens with one attached hydrogen (secondary N) is 3. The molecule has 2 aromatic rings. The number of likely N-dealkylation sites (tertiary alicyclic amines) is 1. The molecule has 3 rings (SSSR count). The standard InChI is InChI=1S/C20H29BrN6O3S/c1-2-15(14-28)24-19-18(21)13-22-20(26-19)25-16-6-5-7-17(12-16)31(29,30)23-8-11-27-9-3-4-10-27/h5-7,12-13,15,23,28H,2-4,8-11,14H2,1H3,(H2,22,24,25,26)/t15-/m1/s1. The Bertz CT molecular complexity index is 965. The number of aliphatic hydroxyl groups is 1. The van der Waals surface area contributed by atoms with Crippen molar-refractivity contribution in [1.82, 2.24) is 19.6 Å². The predicted octanol–water partition coefficient (Wildman–Crippen LogP) is 2.54. The number of anilines is 3. The molecule has 170 valence electrons. The Morgan fingerprint density at radius 1 is 1.29 bits per heavy atom. The number of hydrogen-bond acceptors (Lipinski definition) is 8. The molecule has 0 aliphatic carbocycles. The van der Waals surface area contributed by atoms with E-state index in [2.05, 4.69) is 46.2 Å². The van der Waals surface area contributed by atoms with Crippen LogP contribution in [0.25, 0.3) is 0 Å². The lowest BCUT2D eigenvalue weighted by atomic mass is 10.2. The predicted molar refractivity (Wildman–Crippen MR) is 125 cm³/mol. The molecule has 1 aromatic heterocycles. The molecule has 9 nitrogen and oxygen atoms in total. The van der Waals surface area contributed by atoms with Gasteiger partial charge >= 0.3 is 0 Å². The zero-order chi connectivity index (χ0) is 22.3. The van der Waals surface area contributed by atoms with Crippen LogP contribution in [0, 0.1) is 0 Å². The number of hydrogen-bond donors (Lipinski definition) is 4. The van der Waals surface area contributed by atoms with Gasteiger partial charge in [0.05, 0.1) is 22.0 Å². The molecule has 1 aliphatic heterocycles. The number of halogens is 1. The molecule has 4 N–H and O–H groups in total. The molecule has 1 aromatic carbocycles. The van der Waals surface area contributed by atoms with Crippen LogP contribution in [0.3, 0.4) is 0 Å². The molecule has 0 amide bonds. The highest BCUT2D eigenvalue weighted by atomic mass is 79.9. The van der Waals surface area contributed by atoms with Gasteiger partial charge in [-0.2, -0.15) is 4.98 Å². The van der Waals surface area contributed by atoms with Crippen LogP contribution in [0.1, 0.15) is 26.2 Å². The largest absolute Gasteiger partial charge is 0.394 e. The molecule has 0 radical (unpaired) electrons. The van der Waals surface area contributed by atoms with Gasteiger partial charge in [-0.15, -0.1) is 0 Å². The third kappa shape index (κ3) is 6.84. The van der Waals surface area contributed by atoms with E-state index in [9.17, 15) is 13.5 Å². The van der Waals surface area contributed by atoms with E-state index >= 15 is 0 Å². The van der Waals surface area contributed by atoms with Gasteiger partial charge < -0.3 is 20.6 Å².